The first-order valence-electron chi connectivity index (χ1n) is 3.21. The Balaban J connectivity index is 3.02. The molecular formula is C7H7BrN2O2. The second kappa shape index (κ2) is 3.64. The Morgan fingerprint density at radius 2 is 2.42 bits per heavy atom. The average Bonchev–Trinajstić information content (AvgIpc) is 2.04. The van der Waals surface area contributed by atoms with Crippen molar-refractivity contribution in [1.29, 1.82) is 0 Å². The number of pyridine rings is 1. The van der Waals surface area contributed by atoms with Gasteiger partial charge in [-0.1, -0.05) is 6.07 Å². The summed E-state index contributed by atoms with van der Waals surface area (Å²) in [6.45, 7) is 0. The van der Waals surface area contributed by atoms with E-state index in [4.69, 9.17) is 10.8 Å². The van der Waals surface area contributed by atoms with Crippen LogP contribution >= 0.6 is 15.9 Å². The molecule has 0 aromatic carbocycles. The maximum Gasteiger partial charge on any atom is 0.325 e. The van der Waals surface area contributed by atoms with Gasteiger partial charge in [0.2, 0.25) is 0 Å². The molecule has 0 aliphatic heterocycles. The van der Waals surface area contributed by atoms with Crippen molar-refractivity contribution < 1.29 is 9.90 Å². The Labute approximate surface area is 77.5 Å². The molecular weight excluding hydrogens is 224 g/mol. The highest BCUT2D eigenvalue weighted by Crippen LogP contribution is 2.18. The molecule has 0 bridgehead atoms. The minimum Gasteiger partial charge on any atom is -0.480 e. The van der Waals surface area contributed by atoms with Gasteiger partial charge in [0.15, 0.2) is 0 Å². The fourth-order valence-corrected chi connectivity index (χ4v) is 1.26. The zero-order valence-electron chi connectivity index (χ0n) is 6.07. The zero-order chi connectivity index (χ0) is 9.14. The van der Waals surface area contributed by atoms with E-state index in [-0.39, 0.29) is 0 Å². The van der Waals surface area contributed by atoms with Crippen LogP contribution in [0.5, 0.6) is 0 Å². The number of aromatic nitrogens is 1. The molecule has 0 aliphatic rings. The van der Waals surface area contributed by atoms with E-state index in [0.29, 0.717) is 10.2 Å². The topological polar surface area (TPSA) is 76.2 Å². The third kappa shape index (κ3) is 1.80. The van der Waals surface area contributed by atoms with E-state index >= 15 is 0 Å². The van der Waals surface area contributed by atoms with Crippen LogP contribution in [0.4, 0.5) is 0 Å². The molecule has 0 amide bonds. The zero-order valence-corrected chi connectivity index (χ0v) is 7.65. The van der Waals surface area contributed by atoms with Crippen LogP contribution in [0.3, 0.4) is 0 Å². The van der Waals surface area contributed by atoms with Gasteiger partial charge in [0.1, 0.15) is 10.6 Å². The third-order valence-electron chi connectivity index (χ3n) is 1.39. The van der Waals surface area contributed by atoms with Crippen molar-refractivity contribution in [2.45, 2.75) is 6.04 Å². The molecule has 0 saturated carbocycles. The van der Waals surface area contributed by atoms with Gasteiger partial charge in [-0.2, -0.15) is 0 Å². The SMILES string of the molecule is N[C@H](C(=O)O)c1cccnc1Br. The number of halogens is 1. The van der Waals surface area contributed by atoms with Crippen molar-refractivity contribution in [3.05, 3.63) is 28.5 Å². The smallest absolute Gasteiger partial charge is 0.325 e. The summed E-state index contributed by atoms with van der Waals surface area (Å²) in [5.74, 6) is -1.07. The summed E-state index contributed by atoms with van der Waals surface area (Å²) in [4.78, 5) is 14.3. The number of hydrogen-bond donors (Lipinski definition) is 2. The van der Waals surface area contributed by atoms with Gasteiger partial charge in [-0.15, -0.1) is 0 Å². The molecule has 1 heterocycles. The lowest BCUT2D eigenvalue weighted by molar-refractivity contribution is -0.138. The molecule has 5 heteroatoms. The van der Waals surface area contributed by atoms with Crippen molar-refractivity contribution in [2.24, 2.45) is 5.73 Å². The van der Waals surface area contributed by atoms with E-state index in [1.807, 2.05) is 0 Å². The summed E-state index contributed by atoms with van der Waals surface area (Å²) in [7, 11) is 0. The fraction of sp³-hybridized carbons (Fsp3) is 0.143. The normalized spacial score (nSPS) is 12.5. The highest BCUT2D eigenvalue weighted by atomic mass is 79.9. The largest absolute Gasteiger partial charge is 0.480 e. The van der Waals surface area contributed by atoms with Gasteiger partial charge in [0, 0.05) is 11.8 Å². The van der Waals surface area contributed by atoms with Crippen LogP contribution in [0.25, 0.3) is 0 Å². The first-order chi connectivity index (χ1) is 5.63. The van der Waals surface area contributed by atoms with E-state index in [1.165, 1.54) is 0 Å². The summed E-state index contributed by atoms with van der Waals surface area (Å²) in [6, 6.07) is 2.24. The average molecular weight is 231 g/mol. The van der Waals surface area contributed by atoms with E-state index < -0.39 is 12.0 Å². The van der Waals surface area contributed by atoms with Crippen molar-refractivity contribution in [3.63, 3.8) is 0 Å². The van der Waals surface area contributed by atoms with Crippen molar-refractivity contribution in [1.82, 2.24) is 4.98 Å². The number of aliphatic carboxylic acids is 1. The van der Waals surface area contributed by atoms with Crippen LogP contribution in [0.15, 0.2) is 22.9 Å². The molecule has 12 heavy (non-hydrogen) atoms. The second-order valence-corrected chi connectivity index (χ2v) is 2.95. The molecule has 1 aromatic rings. The van der Waals surface area contributed by atoms with Crippen molar-refractivity contribution in [2.75, 3.05) is 0 Å². The van der Waals surface area contributed by atoms with Gasteiger partial charge in [0.05, 0.1) is 0 Å². The Bertz CT molecular complexity index is 303. The van der Waals surface area contributed by atoms with E-state index in [9.17, 15) is 4.79 Å². The lowest BCUT2D eigenvalue weighted by Gasteiger charge is -2.06. The first-order valence-corrected chi connectivity index (χ1v) is 4.01. The summed E-state index contributed by atoms with van der Waals surface area (Å²) >= 11 is 3.11. The standard InChI is InChI=1S/C7H7BrN2O2/c8-6-4(2-1-3-10-6)5(9)7(11)12/h1-3,5H,9H2,(H,11,12)/t5-/m0/s1. The van der Waals surface area contributed by atoms with Gasteiger partial charge in [-0.3, -0.25) is 4.79 Å². The van der Waals surface area contributed by atoms with Crippen molar-refractivity contribution in [3.8, 4) is 0 Å². The van der Waals surface area contributed by atoms with Crippen molar-refractivity contribution >= 4 is 21.9 Å². The van der Waals surface area contributed by atoms with Gasteiger partial charge in [0.25, 0.3) is 0 Å². The highest BCUT2D eigenvalue weighted by molar-refractivity contribution is 9.10. The second-order valence-electron chi connectivity index (χ2n) is 2.20. The number of nitrogens with two attached hydrogens (primary N) is 1. The maximum atomic E-state index is 10.5. The molecule has 4 nitrogen and oxygen atoms in total. The molecule has 0 unspecified atom stereocenters. The lowest BCUT2D eigenvalue weighted by Crippen LogP contribution is -2.21. The molecule has 3 N–H and O–H groups in total. The van der Waals surface area contributed by atoms with Crippen LogP contribution in [0, 0.1) is 0 Å². The number of carboxylic acids is 1. The Morgan fingerprint density at radius 1 is 1.75 bits per heavy atom. The molecule has 0 aliphatic carbocycles. The van der Waals surface area contributed by atoms with E-state index in [1.54, 1.807) is 18.3 Å². The predicted molar refractivity (Wildman–Crippen MR) is 46.5 cm³/mol. The first kappa shape index (κ1) is 9.15. The number of carboxylic acid groups (broad SMARTS) is 1. The van der Waals surface area contributed by atoms with Crippen LogP contribution in [-0.4, -0.2) is 16.1 Å². The molecule has 0 spiro atoms. The quantitative estimate of drug-likeness (QED) is 0.742. The molecule has 1 rings (SSSR count). The summed E-state index contributed by atoms with van der Waals surface area (Å²) in [6.07, 6.45) is 1.56. The monoisotopic (exact) mass is 230 g/mol. The maximum absolute atomic E-state index is 10.5. The number of rotatable bonds is 2. The molecule has 1 aromatic heterocycles. The molecule has 1 atom stereocenters. The van der Waals surface area contributed by atoms with E-state index in [0.717, 1.165) is 0 Å². The number of nitrogens with zero attached hydrogens (tertiary/aromatic N) is 1. The summed E-state index contributed by atoms with van der Waals surface area (Å²) in [5, 5.41) is 8.59. The van der Waals surface area contributed by atoms with Gasteiger partial charge in [-0.25, -0.2) is 4.98 Å². The Morgan fingerprint density at radius 3 is 2.92 bits per heavy atom. The molecule has 0 radical (unpaired) electrons. The fourth-order valence-electron chi connectivity index (χ4n) is 0.763. The molecule has 0 saturated heterocycles. The summed E-state index contributed by atoms with van der Waals surface area (Å²) in [5.41, 5.74) is 5.85. The van der Waals surface area contributed by atoms with Crippen LogP contribution in [0.2, 0.25) is 0 Å². The third-order valence-corrected chi connectivity index (χ3v) is 2.05. The van der Waals surface area contributed by atoms with Crippen LogP contribution < -0.4 is 5.73 Å². The lowest BCUT2D eigenvalue weighted by atomic mass is 10.1. The molecule has 64 valence electrons. The van der Waals surface area contributed by atoms with Gasteiger partial charge < -0.3 is 10.8 Å². The molecule has 0 fully saturated rings. The van der Waals surface area contributed by atoms with Gasteiger partial charge in [-0.05, 0) is 22.0 Å². The predicted octanol–water partition coefficient (Wildman–Crippen LogP) is 0.928. The Hall–Kier alpha value is -0.940. The minimum absolute atomic E-state index is 0.472. The van der Waals surface area contributed by atoms with E-state index in [2.05, 4.69) is 20.9 Å². The van der Waals surface area contributed by atoms with Gasteiger partial charge >= 0.3 is 5.97 Å². The minimum atomic E-state index is -1.07. The van der Waals surface area contributed by atoms with Crippen LogP contribution in [0.1, 0.15) is 11.6 Å². The number of carbonyl (C=O) groups is 1. The number of hydrogen-bond acceptors (Lipinski definition) is 3. The highest BCUT2D eigenvalue weighted by Gasteiger charge is 2.16. The van der Waals surface area contributed by atoms with Crippen LogP contribution in [-0.2, 0) is 4.79 Å². The summed E-state index contributed by atoms with van der Waals surface area (Å²) < 4.78 is 0.472. The Kier molecular flexibility index (Phi) is 2.78.